The van der Waals surface area contributed by atoms with Crippen molar-refractivity contribution in [3.8, 4) is 0 Å². The third-order valence-electron chi connectivity index (χ3n) is 4.94. The standard InChI is InChI=1S/C20H25N3O5S/c1-13-4-6-14(7-5-13)18(25)22-20(29)23-9-8-21-19(26)16(23)11-17(24)28-12-15-3-2-10-27-15/h4-7,15-16H,2-3,8-12H2,1H3,(H,21,26)(H,22,25,29)/t15-,16-/m1/s1. The molecule has 0 unspecified atom stereocenters. The van der Waals surface area contributed by atoms with Crippen LogP contribution in [0.2, 0.25) is 0 Å². The van der Waals surface area contributed by atoms with Crippen molar-refractivity contribution in [1.82, 2.24) is 15.5 Å². The molecule has 1 aromatic carbocycles. The summed E-state index contributed by atoms with van der Waals surface area (Å²) in [4.78, 5) is 38.6. The predicted octanol–water partition coefficient (Wildman–Crippen LogP) is 0.922. The molecule has 1 aromatic rings. The van der Waals surface area contributed by atoms with Crippen LogP contribution in [0.4, 0.5) is 0 Å². The number of aryl methyl sites for hydroxylation is 1. The van der Waals surface area contributed by atoms with E-state index in [1.165, 1.54) is 0 Å². The summed E-state index contributed by atoms with van der Waals surface area (Å²) in [6, 6.07) is 6.25. The van der Waals surface area contributed by atoms with E-state index in [4.69, 9.17) is 21.7 Å². The topological polar surface area (TPSA) is 97.0 Å². The van der Waals surface area contributed by atoms with E-state index in [2.05, 4.69) is 10.6 Å². The molecule has 2 amide bonds. The molecule has 156 valence electrons. The number of carbonyl (C=O) groups excluding carboxylic acids is 3. The Bertz CT molecular complexity index is 777. The van der Waals surface area contributed by atoms with Crippen molar-refractivity contribution in [2.24, 2.45) is 0 Å². The highest BCUT2D eigenvalue weighted by molar-refractivity contribution is 7.80. The number of nitrogens with one attached hydrogen (secondary N) is 2. The summed E-state index contributed by atoms with van der Waals surface area (Å²) in [5.41, 5.74) is 1.50. The summed E-state index contributed by atoms with van der Waals surface area (Å²) in [6.07, 6.45) is 1.58. The van der Waals surface area contributed by atoms with Gasteiger partial charge in [0.2, 0.25) is 5.91 Å². The number of piperazine rings is 1. The van der Waals surface area contributed by atoms with E-state index in [-0.39, 0.29) is 36.1 Å². The molecule has 0 aromatic heterocycles. The molecule has 8 nitrogen and oxygen atoms in total. The van der Waals surface area contributed by atoms with Crippen molar-refractivity contribution >= 4 is 35.1 Å². The largest absolute Gasteiger partial charge is 0.463 e. The summed E-state index contributed by atoms with van der Waals surface area (Å²) in [5, 5.41) is 5.49. The number of carbonyl (C=O) groups is 3. The lowest BCUT2D eigenvalue weighted by atomic mass is 10.1. The van der Waals surface area contributed by atoms with Crippen molar-refractivity contribution in [2.45, 2.75) is 38.3 Å². The minimum atomic E-state index is -0.827. The molecule has 0 aliphatic carbocycles. The zero-order valence-corrected chi connectivity index (χ0v) is 17.1. The number of amides is 2. The molecule has 0 saturated carbocycles. The van der Waals surface area contributed by atoms with E-state index in [9.17, 15) is 14.4 Å². The van der Waals surface area contributed by atoms with E-state index in [0.29, 0.717) is 25.3 Å². The van der Waals surface area contributed by atoms with Crippen LogP contribution in [0.25, 0.3) is 0 Å². The summed E-state index contributed by atoms with van der Waals surface area (Å²) in [7, 11) is 0. The molecule has 2 atom stereocenters. The Morgan fingerprint density at radius 2 is 2.10 bits per heavy atom. The maximum atomic E-state index is 12.4. The van der Waals surface area contributed by atoms with Gasteiger partial charge in [-0.15, -0.1) is 0 Å². The van der Waals surface area contributed by atoms with Crippen LogP contribution in [-0.2, 0) is 19.1 Å². The monoisotopic (exact) mass is 419 g/mol. The van der Waals surface area contributed by atoms with Crippen molar-refractivity contribution in [3.63, 3.8) is 0 Å². The fourth-order valence-corrected chi connectivity index (χ4v) is 3.60. The molecule has 2 fully saturated rings. The Labute approximate surface area is 174 Å². The van der Waals surface area contributed by atoms with Gasteiger partial charge in [-0.1, -0.05) is 17.7 Å². The molecule has 9 heteroatoms. The molecule has 2 aliphatic rings. The van der Waals surface area contributed by atoms with Gasteiger partial charge in [0.05, 0.1) is 12.5 Å². The SMILES string of the molecule is Cc1ccc(C(=O)NC(=S)N2CCNC(=O)[C@H]2CC(=O)OC[C@H]2CCCO2)cc1. The van der Waals surface area contributed by atoms with Crippen molar-refractivity contribution in [2.75, 3.05) is 26.3 Å². The quantitative estimate of drug-likeness (QED) is 0.541. The smallest absolute Gasteiger partial charge is 0.308 e. The number of hydrogen-bond acceptors (Lipinski definition) is 6. The summed E-state index contributed by atoms with van der Waals surface area (Å²) < 4.78 is 10.7. The van der Waals surface area contributed by atoms with E-state index in [1.54, 1.807) is 17.0 Å². The minimum Gasteiger partial charge on any atom is -0.463 e. The summed E-state index contributed by atoms with van der Waals surface area (Å²) >= 11 is 5.35. The highest BCUT2D eigenvalue weighted by Gasteiger charge is 2.34. The van der Waals surface area contributed by atoms with Crippen LogP contribution in [-0.4, -0.2) is 66.2 Å². The molecule has 3 rings (SSSR count). The van der Waals surface area contributed by atoms with Gasteiger partial charge in [-0.3, -0.25) is 19.7 Å². The van der Waals surface area contributed by atoms with Gasteiger partial charge in [-0.05, 0) is 44.1 Å². The van der Waals surface area contributed by atoms with Gasteiger partial charge < -0.3 is 19.7 Å². The molecule has 2 aliphatic heterocycles. The summed E-state index contributed by atoms with van der Waals surface area (Å²) in [6.45, 7) is 3.56. The van der Waals surface area contributed by atoms with Crippen LogP contribution in [0.15, 0.2) is 24.3 Å². The van der Waals surface area contributed by atoms with Crippen molar-refractivity contribution in [1.29, 1.82) is 0 Å². The first-order chi connectivity index (χ1) is 13.9. The first-order valence-electron chi connectivity index (χ1n) is 9.67. The second kappa shape index (κ2) is 9.80. The van der Waals surface area contributed by atoms with Crippen LogP contribution in [0.5, 0.6) is 0 Å². The number of thiocarbonyl (C=S) groups is 1. The lowest BCUT2D eigenvalue weighted by Gasteiger charge is -2.36. The Kier molecular flexibility index (Phi) is 7.16. The first-order valence-corrected chi connectivity index (χ1v) is 10.1. The third kappa shape index (κ3) is 5.74. The van der Waals surface area contributed by atoms with Gasteiger partial charge in [-0.25, -0.2) is 0 Å². The molecular formula is C20H25N3O5S. The van der Waals surface area contributed by atoms with Gasteiger partial charge in [0.15, 0.2) is 5.11 Å². The van der Waals surface area contributed by atoms with E-state index in [1.807, 2.05) is 19.1 Å². The fourth-order valence-electron chi connectivity index (χ4n) is 3.29. The molecule has 0 spiro atoms. The zero-order valence-electron chi connectivity index (χ0n) is 16.3. The average Bonchev–Trinajstić information content (AvgIpc) is 3.22. The minimum absolute atomic E-state index is 0.0786. The van der Waals surface area contributed by atoms with Gasteiger partial charge in [0.25, 0.3) is 5.91 Å². The summed E-state index contributed by atoms with van der Waals surface area (Å²) in [5.74, 6) is -1.18. The van der Waals surface area contributed by atoms with E-state index in [0.717, 1.165) is 18.4 Å². The van der Waals surface area contributed by atoms with Gasteiger partial charge in [-0.2, -0.15) is 0 Å². The van der Waals surface area contributed by atoms with Crippen LogP contribution in [0.1, 0.15) is 35.2 Å². The van der Waals surface area contributed by atoms with Crippen LogP contribution >= 0.6 is 12.2 Å². The van der Waals surface area contributed by atoms with Gasteiger partial charge >= 0.3 is 5.97 Å². The average molecular weight is 420 g/mol. The number of esters is 1. The van der Waals surface area contributed by atoms with Crippen LogP contribution in [0, 0.1) is 6.92 Å². The Balaban J connectivity index is 1.58. The Morgan fingerprint density at radius 3 is 2.79 bits per heavy atom. The normalized spacial score (nSPS) is 21.4. The molecule has 29 heavy (non-hydrogen) atoms. The second-order valence-electron chi connectivity index (χ2n) is 7.15. The molecule has 0 bridgehead atoms. The van der Waals surface area contributed by atoms with Crippen LogP contribution in [0.3, 0.4) is 0 Å². The molecule has 0 radical (unpaired) electrons. The molecule has 2 saturated heterocycles. The first kappa shape index (κ1) is 21.2. The molecular weight excluding hydrogens is 394 g/mol. The highest BCUT2D eigenvalue weighted by atomic mass is 32.1. The number of hydrogen-bond donors (Lipinski definition) is 2. The van der Waals surface area contributed by atoms with Gasteiger partial charge in [0.1, 0.15) is 12.6 Å². The lowest BCUT2D eigenvalue weighted by molar-refractivity contribution is -0.150. The predicted molar refractivity (Wildman–Crippen MR) is 109 cm³/mol. The molecule has 2 N–H and O–H groups in total. The maximum absolute atomic E-state index is 12.4. The third-order valence-corrected chi connectivity index (χ3v) is 5.28. The highest BCUT2D eigenvalue weighted by Crippen LogP contribution is 2.14. The number of nitrogens with zero attached hydrogens (tertiary/aromatic N) is 1. The van der Waals surface area contributed by atoms with Crippen molar-refractivity contribution < 1.29 is 23.9 Å². The Hall–Kier alpha value is -2.52. The van der Waals surface area contributed by atoms with E-state index >= 15 is 0 Å². The van der Waals surface area contributed by atoms with Gasteiger partial charge in [0, 0.05) is 25.3 Å². The molecule has 2 heterocycles. The van der Waals surface area contributed by atoms with Crippen LogP contribution < -0.4 is 10.6 Å². The van der Waals surface area contributed by atoms with Crippen molar-refractivity contribution in [3.05, 3.63) is 35.4 Å². The maximum Gasteiger partial charge on any atom is 0.308 e. The Morgan fingerprint density at radius 1 is 1.34 bits per heavy atom. The van der Waals surface area contributed by atoms with E-state index < -0.39 is 12.0 Å². The second-order valence-corrected chi connectivity index (χ2v) is 7.53. The fraction of sp³-hybridized carbons (Fsp3) is 0.500. The number of ether oxygens (including phenoxy) is 2. The number of rotatable bonds is 5. The number of benzene rings is 1. The lowest BCUT2D eigenvalue weighted by Crippen LogP contribution is -2.60. The zero-order chi connectivity index (χ0) is 20.8.